The van der Waals surface area contributed by atoms with Crippen molar-refractivity contribution in [2.45, 2.75) is 27.2 Å². The Morgan fingerprint density at radius 2 is 2.00 bits per heavy atom. The summed E-state index contributed by atoms with van der Waals surface area (Å²) in [6, 6.07) is 1.85. The average Bonchev–Trinajstić information content (AvgIpc) is 2.42. The molecule has 1 N–H and O–H groups in total. The summed E-state index contributed by atoms with van der Waals surface area (Å²) in [5.74, 6) is 1.46. The highest BCUT2D eigenvalue weighted by atomic mass is 16.5. The van der Waals surface area contributed by atoms with E-state index in [2.05, 4.69) is 41.0 Å². The van der Waals surface area contributed by atoms with E-state index in [9.17, 15) is 0 Å². The lowest BCUT2D eigenvalue weighted by atomic mass is 10.4. The van der Waals surface area contributed by atoms with E-state index in [1.807, 2.05) is 6.07 Å². The van der Waals surface area contributed by atoms with E-state index in [1.54, 1.807) is 0 Å². The van der Waals surface area contributed by atoms with Crippen molar-refractivity contribution in [2.75, 3.05) is 38.1 Å². The smallest absolute Gasteiger partial charge is 0.218 e. The first-order valence-electron chi connectivity index (χ1n) is 6.71. The monoisotopic (exact) mass is 252 g/mol. The van der Waals surface area contributed by atoms with Crippen LogP contribution in [0, 0.1) is 0 Å². The van der Waals surface area contributed by atoms with Gasteiger partial charge >= 0.3 is 0 Å². The van der Waals surface area contributed by atoms with Crippen molar-refractivity contribution in [2.24, 2.45) is 0 Å². The van der Waals surface area contributed by atoms with E-state index in [-0.39, 0.29) is 0 Å². The Hall–Kier alpha value is -1.36. The molecule has 18 heavy (non-hydrogen) atoms. The van der Waals surface area contributed by atoms with Crippen LogP contribution >= 0.6 is 0 Å². The number of ether oxygens (including phenoxy) is 1. The third-order valence-electron chi connectivity index (χ3n) is 2.75. The van der Waals surface area contributed by atoms with Gasteiger partial charge in [0.25, 0.3) is 0 Å². The van der Waals surface area contributed by atoms with Crippen molar-refractivity contribution in [3.05, 3.63) is 12.4 Å². The second kappa shape index (κ2) is 8.69. The van der Waals surface area contributed by atoms with Gasteiger partial charge < -0.3 is 15.0 Å². The summed E-state index contributed by atoms with van der Waals surface area (Å²) in [7, 11) is 0. The number of anilines is 1. The summed E-state index contributed by atoms with van der Waals surface area (Å²) in [6.07, 6.45) is 2.60. The molecule has 1 rings (SSSR count). The molecular formula is C13H24N4O. The first-order valence-corrected chi connectivity index (χ1v) is 6.71. The molecule has 0 bridgehead atoms. The number of nitrogens with one attached hydrogen (secondary N) is 1. The Morgan fingerprint density at radius 3 is 2.67 bits per heavy atom. The van der Waals surface area contributed by atoms with Crippen molar-refractivity contribution < 1.29 is 4.74 Å². The highest BCUT2D eigenvalue weighted by Gasteiger charge is 2.01. The molecule has 5 nitrogen and oxygen atoms in total. The first-order chi connectivity index (χ1) is 8.80. The van der Waals surface area contributed by atoms with E-state index < -0.39 is 0 Å². The Balaban J connectivity index is 2.37. The standard InChI is InChI=1S/C13H24N4O/c1-4-7-14-12-10-13(16-11-15-12)18-9-8-17(5-2)6-3/h10-11H,4-9H2,1-3H3,(H,14,15,16). The van der Waals surface area contributed by atoms with Crippen molar-refractivity contribution in [1.29, 1.82) is 0 Å². The number of aromatic nitrogens is 2. The molecule has 0 saturated carbocycles. The molecule has 0 radical (unpaired) electrons. The van der Waals surface area contributed by atoms with E-state index in [4.69, 9.17) is 4.74 Å². The second-order valence-corrected chi connectivity index (χ2v) is 4.04. The van der Waals surface area contributed by atoms with Gasteiger partial charge in [-0.1, -0.05) is 20.8 Å². The molecule has 0 unspecified atom stereocenters. The van der Waals surface area contributed by atoms with Gasteiger partial charge in [-0.3, -0.25) is 0 Å². The Bertz CT molecular complexity index is 329. The largest absolute Gasteiger partial charge is 0.476 e. The highest BCUT2D eigenvalue weighted by molar-refractivity contribution is 5.36. The molecule has 0 aromatic carbocycles. The van der Waals surface area contributed by atoms with Crippen LogP contribution in [0.1, 0.15) is 27.2 Å². The molecule has 102 valence electrons. The van der Waals surface area contributed by atoms with Gasteiger partial charge in [-0.25, -0.2) is 9.97 Å². The summed E-state index contributed by atoms with van der Waals surface area (Å²) in [5.41, 5.74) is 0. The lowest BCUT2D eigenvalue weighted by Gasteiger charge is -2.17. The molecule has 1 aromatic heterocycles. The summed E-state index contributed by atoms with van der Waals surface area (Å²) in [5, 5.41) is 3.21. The Morgan fingerprint density at radius 1 is 1.22 bits per heavy atom. The Labute approximate surface area is 110 Å². The Kier molecular flexibility index (Phi) is 7.10. The average molecular weight is 252 g/mol. The topological polar surface area (TPSA) is 50.3 Å². The lowest BCUT2D eigenvalue weighted by molar-refractivity contribution is 0.218. The minimum absolute atomic E-state index is 0.635. The van der Waals surface area contributed by atoms with Crippen LogP contribution in [-0.2, 0) is 0 Å². The van der Waals surface area contributed by atoms with Crippen LogP contribution in [-0.4, -0.2) is 47.7 Å². The number of hydrogen-bond donors (Lipinski definition) is 1. The zero-order valence-electron chi connectivity index (χ0n) is 11.6. The van der Waals surface area contributed by atoms with Crippen LogP contribution in [0.25, 0.3) is 0 Å². The van der Waals surface area contributed by atoms with Crippen LogP contribution in [0.5, 0.6) is 5.88 Å². The van der Waals surface area contributed by atoms with Crippen molar-refractivity contribution in [1.82, 2.24) is 14.9 Å². The van der Waals surface area contributed by atoms with E-state index in [0.717, 1.165) is 38.4 Å². The van der Waals surface area contributed by atoms with Gasteiger partial charge in [-0.2, -0.15) is 0 Å². The van der Waals surface area contributed by atoms with E-state index in [0.29, 0.717) is 12.5 Å². The molecule has 0 saturated heterocycles. The lowest BCUT2D eigenvalue weighted by Crippen LogP contribution is -2.28. The van der Waals surface area contributed by atoms with Crippen LogP contribution in [0.15, 0.2) is 12.4 Å². The molecule has 0 aliphatic carbocycles. The molecular weight excluding hydrogens is 228 g/mol. The molecule has 0 atom stereocenters. The maximum absolute atomic E-state index is 5.63. The van der Waals surface area contributed by atoms with Gasteiger partial charge in [0.05, 0.1) is 0 Å². The number of likely N-dealkylation sites (N-methyl/N-ethyl adjacent to an activating group) is 1. The predicted octanol–water partition coefficient (Wildman–Crippen LogP) is 2.02. The zero-order valence-corrected chi connectivity index (χ0v) is 11.6. The highest BCUT2D eigenvalue weighted by Crippen LogP contribution is 2.10. The zero-order chi connectivity index (χ0) is 13.2. The van der Waals surface area contributed by atoms with Gasteiger partial charge in [0.15, 0.2) is 0 Å². The maximum Gasteiger partial charge on any atom is 0.218 e. The summed E-state index contributed by atoms with van der Waals surface area (Å²) < 4.78 is 5.63. The summed E-state index contributed by atoms with van der Waals surface area (Å²) in [4.78, 5) is 10.6. The minimum Gasteiger partial charge on any atom is -0.476 e. The molecule has 0 aliphatic heterocycles. The van der Waals surface area contributed by atoms with Crippen LogP contribution in [0.4, 0.5) is 5.82 Å². The summed E-state index contributed by atoms with van der Waals surface area (Å²) >= 11 is 0. The number of hydrogen-bond acceptors (Lipinski definition) is 5. The van der Waals surface area contributed by atoms with Gasteiger partial charge in [0.1, 0.15) is 18.8 Å². The van der Waals surface area contributed by atoms with Crippen molar-refractivity contribution in [3.63, 3.8) is 0 Å². The van der Waals surface area contributed by atoms with Crippen LogP contribution < -0.4 is 10.1 Å². The molecule has 0 amide bonds. The van der Waals surface area contributed by atoms with Crippen molar-refractivity contribution in [3.8, 4) is 5.88 Å². The second-order valence-electron chi connectivity index (χ2n) is 4.04. The fraction of sp³-hybridized carbons (Fsp3) is 0.692. The van der Waals surface area contributed by atoms with Gasteiger partial charge in [-0.15, -0.1) is 0 Å². The van der Waals surface area contributed by atoms with Gasteiger partial charge in [0, 0.05) is 19.2 Å². The summed E-state index contributed by atoms with van der Waals surface area (Å²) in [6.45, 7) is 11.0. The van der Waals surface area contributed by atoms with Gasteiger partial charge in [0.2, 0.25) is 5.88 Å². The predicted molar refractivity (Wildman–Crippen MR) is 74.1 cm³/mol. The SMILES string of the molecule is CCCNc1cc(OCCN(CC)CC)ncn1. The minimum atomic E-state index is 0.635. The van der Waals surface area contributed by atoms with Crippen LogP contribution in [0.3, 0.4) is 0 Å². The van der Waals surface area contributed by atoms with Crippen LogP contribution in [0.2, 0.25) is 0 Å². The van der Waals surface area contributed by atoms with E-state index >= 15 is 0 Å². The van der Waals surface area contributed by atoms with Crippen molar-refractivity contribution >= 4 is 5.82 Å². The third-order valence-corrected chi connectivity index (χ3v) is 2.75. The first kappa shape index (κ1) is 14.7. The molecule has 1 aromatic rings. The molecule has 0 fully saturated rings. The normalized spacial score (nSPS) is 10.7. The number of nitrogens with zero attached hydrogens (tertiary/aromatic N) is 3. The quantitative estimate of drug-likeness (QED) is 0.728. The molecule has 5 heteroatoms. The fourth-order valence-electron chi connectivity index (χ4n) is 1.59. The third kappa shape index (κ3) is 5.31. The fourth-order valence-corrected chi connectivity index (χ4v) is 1.59. The molecule has 0 aliphatic rings. The van der Waals surface area contributed by atoms with Gasteiger partial charge in [-0.05, 0) is 19.5 Å². The van der Waals surface area contributed by atoms with E-state index in [1.165, 1.54) is 6.33 Å². The number of rotatable bonds is 9. The molecule has 1 heterocycles. The maximum atomic E-state index is 5.63. The molecule has 0 spiro atoms.